The van der Waals surface area contributed by atoms with Crippen molar-refractivity contribution in [2.24, 2.45) is 0 Å². The average molecular weight is 390 g/mol. The molecule has 3 aromatic rings. The first-order valence-electron chi connectivity index (χ1n) is 7.46. The fraction of sp³-hybridized carbons (Fsp3) is 0. The molecule has 6 nitrogen and oxygen atoms in total. The Labute approximate surface area is 154 Å². The summed E-state index contributed by atoms with van der Waals surface area (Å²) < 4.78 is 51.9. The van der Waals surface area contributed by atoms with E-state index in [0.717, 1.165) is 0 Å². The highest BCUT2D eigenvalue weighted by Crippen LogP contribution is 2.23. The topological polar surface area (TPSA) is 78.9 Å². The maximum absolute atomic E-state index is 12.3. The molecule has 0 radical (unpaired) electrons. The van der Waals surface area contributed by atoms with Gasteiger partial charge in [-0.1, -0.05) is 42.5 Å². The van der Waals surface area contributed by atoms with Gasteiger partial charge >= 0.3 is 21.5 Å². The van der Waals surface area contributed by atoms with Crippen LogP contribution in [0, 0.1) is 0 Å². The van der Waals surface area contributed by atoms with Crippen LogP contribution in [-0.2, 0) is 21.5 Å². The minimum absolute atomic E-state index is 0.0667. The van der Waals surface area contributed by atoms with Crippen LogP contribution in [0.1, 0.15) is 0 Å². The van der Waals surface area contributed by atoms with Crippen LogP contribution < -0.4 is 12.5 Å². The molecule has 1 atom stereocenters. The molecule has 0 aromatic heterocycles. The van der Waals surface area contributed by atoms with Crippen molar-refractivity contribution in [3.63, 3.8) is 0 Å². The smallest absolute Gasteiger partial charge is 0.379 e. The highest BCUT2D eigenvalue weighted by Gasteiger charge is 2.18. The summed E-state index contributed by atoms with van der Waals surface area (Å²) in [6.45, 7) is 0. The summed E-state index contributed by atoms with van der Waals surface area (Å²) in [7, 11) is -4.05. The van der Waals surface area contributed by atoms with E-state index in [1.165, 1.54) is 36.4 Å². The standard InChI is InChI=1S/C18H14O6S2/c19-25(22-15-8-3-1-4-9-15)23-17-12-7-13-18(14-17)26(20,21)24-16-10-5-2-6-11-16/h1-14H. The second kappa shape index (κ2) is 8.03. The summed E-state index contributed by atoms with van der Waals surface area (Å²) in [5.74, 6) is 0.619. The van der Waals surface area contributed by atoms with Crippen LogP contribution in [0.25, 0.3) is 0 Å². The van der Waals surface area contributed by atoms with Crippen molar-refractivity contribution in [2.45, 2.75) is 4.90 Å². The molecular weight excluding hydrogens is 376 g/mol. The number of rotatable bonds is 7. The lowest BCUT2D eigenvalue weighted by atomic mass is 10.3. The maximum Gasteiger partial charge on any atom is 0.417 e. The van der Waals surface area contributed by atoms with Gasteiger partial charge in [0.1, 0.15) is 22.1 Å². The Morgan fingerprint density at radius 2 is 1.19 bits per heavy atom. The quantitative estimate of drug-likeness (QED) is 0.575. The third-order valence-corrected chi connectivity index (χ3v) is 5.02. The van der Waals surface area contributed by atoms with E-state index >= 15 is 0 Å². The van der Waals surface area contributed by atoms with E-state index in [0.29, 0.717) is 5.75 Å². The predicted molar refractivity (Wildman–Crippen MR) is 96.5 cm³/mol. The predicted octanol–water partition coefficient (Wildman–Crippen LogP) is 3.49. The molecule has 1 unspecified atom stereocenters. The van der Waals surface area contributed by atoms with Crippen LogP contribution in [0.15, 0.2) is 89.8 Å². The van der Waals surface area contributed by atoms with Crippen molar-refractivity contribution in [3.8, 4) is 17.2 Å². The third kappa shape index (κ3) is 4.84. The Bertz CT molecular complexity index is 988. The summed E-state index contributed by atoms with van der Waals surface area (Å²) in [5.41, 5.74) is 0. The molecule has 8 heteroatoms. The van der Waals surface area contributed by atoms with E-state index in [2.05, 4.69) is 0 Å². The first kappa shape index (κ1) is 18.0. The monoisotopic (exact) mass is 390 g/mol. The zero-order valence-electron chi connectivity index (χ0n) is 13.3. The molecule has 0 spiro atoms. The first-order valence-corrected chi connectivity index (χ1v) is 9.87. The second-order valence-electron chi connectivity index (χ2n) is 5.01. The summed E-state index contributed by atoms with van der Waals surface area (Å²) in [6.07, 6.45) is 0. The van der Waals surface area contributed by atoms with Crippen molar-refractivity contribution >= 4 is 21.5 Å². The molecule has 0 bridgehead atoms. The van der Waals surface area contributed by atoms with Gasteiger partial charge in [-0.15, -0.1) is 0 Å². The van der Waals surface area contributed by atoms with Gasteiger partial charge in [0.2, 0.25) is 0 Å². The Morgan fingerprint density at radius 1 is 0.654 bits per heavy atom. The van der Waals surface area contributed by atoms with Gasteiger partial charge < -0.3 is 12.5 Å². The van der Waals surface area contributed by atoms with Crippen LogP contribution >= 0.6 is 0 Å². The number of benzene rings is 3. The number of hydrogen-bond acceptors (Lipinski definition) is 6. The van der Waals surface area contributed by atoms with Gasteiger partial charge in [-0.2, -0.15) is 12.6 Å². The van der Waals surface area contributed by atoms with Crippen molar-refractivity contribution in [2.75, 3.05) is 0 Å². The van der Waals surface area contributed by atoms with Crippen LogP contribution in [0.4, 0.5) is 0 Å². The van der Waals surface area contributed by atoms with E-state index in [1.807, 2.05) is 0 Å². The molecule has 26 heavy (non-hydrogen) atoms. The van der Waals surface area contributed by atoms with E-state index in [1.54, 1.807) is 48.5 Å². The van der Waals surface area contributed by atoms with Gasteiger partial charge in [-0.05, 0) is 36.4 Å². The molecule has 134 valence electrons. The Balaban J connectivity index is 1.72. The van der Waals surface area contributed by atoms with Crippen LogP contribution in [0.2, 0.25) is 0 Å². The molecule has 0 aliphatic rings. The summed E-state index contributed by atoms with van der Waals surface area (Å²) in [4.78, 5) is -0.129. The maximum atomic E-state index is 12.3. The molecule has 0 N–H and O–H groups in total. The molecule has 0 aliphatic heterocycles. The largest absolute Gasteiger partial charge is 0.417 e. The first-order chi connectivity index (χ1) is 12.5. The minimum atomic E-state index is -4.05. The average Bonchev–Trinajstić information content (AvgIpc) is 2.63. The Hall–Kier alpha value is -2.84. The molecule has 0 heterocycles. The minimum Gasteiger partial charge on any atom is -0.379 e. The van der Waals surface area contributed by atoms with Gasteiger partial charge in [0.15, 0.2) is 0 Å². The molecule has 0 amide bonds. The second-order valence-corrected chi connectivity index (χ2v) is 7.30. The molecular formula is C18H14O6S2. The van der Waals surface area contributed by atoms with Crippen molar-refractivity contribution in [1.29, 1.82) is 0 Å². The molecule has 0 aliphatic carbocycles. The third-order valence-electron chi connectivity index (χ3n) is 3.12. The summed E-state index contributed by atoms with van der Waals surface area (Å²) in [6, 6.07) is 22.1. The van der Waals surface area contributed by atoms with E-state index in [9.17, 15) is 12.6 Å². The van der Waals surface area contributed by atoms with E-state index in [-0.39, 0.29) is 16.4 Å². The van der Waals surface area contributed by atoms with Crippen molar-refractivity contribution < 1.29 is 25.2 Å². The lowest BCUT2D eigenvalue weighted by Crippen LogP contribution is -2.11. The Kier molecular flexibility index (Phi) is 5.55. The van der Waals surface area contributed by atoms with E-state index < -0.39 is 21.5 Å². The van der Waals surface area contributed by atoms with Gasteiger partial charge in [0.25, 0.3) is 0 Å². The highest BCUT2D eigenvalue weighted by molar-refractivity contribution is 7.87. The highest BCUT2D eigenvalue weighted by atomic mass is 32.2. The molecule has 0 saturated carbocycles. The Morgan fingerprint density at radius 3 is 1.85 bits per heavy atom. The fourth-order valence-corrected chi connectivity index (χ4v) is 3.51. The van der Waals surface area contributed by atoms with Crippen LogP contribution in [0.3, 0.4) is 0 Å². The molecule has 3 rings (SSSR count). The number of para-hydroxylation sites is 2. The van der Waals surface area contributed by atoms with Gasteiger partial charge in [0.05, 0.1) is 0 Å². The van der Waals surface area contributed by atoms with Gasteiger partial charge in [0, 0.05) is 6.07 Å². The number of hydrogen-bond donors (Lipinski definition) is 0. The van der Waals surface area contributed by atoms with Crippen molar-refractivity contribution in [1.82, 2.24) is 0 Å². The normalized spacial score (nSPS) is 12.2. The SMILES string of the molecule is O=S(Oc1ccccc1)Oc1cccc(S(=O)(=O)Oc2ccccc2)c1. The van der Waals surface area contributed by atoms with Gasteiger partial charge in [-0.3, -0.25) is 0 Å². The summed E-state index contributed by atoms with van der Waals surface area (Å²) in [5, 5.41) is 0. The zero-order chi connectivity index (χ0) is 18.4. The zero-order valence-corrected chi connectivity index (χ0v) is 15.0. The fourth-order valence-electron chi connectivity index (χ4n) is 1.98. The van der Waals surface area contributed by atoms with Gasteiger partial charge in [-0.25, -0.2) is 0 Å². The summed E-state index contributed by atoms with van der Waals surface area (Å²) >= 11 is -2.13. The van der Waals surface area contributed by atoms with Crippen LogP contribution in [0.5, 0.6) is 17.2 Å². The van der Waals surface area contributed by atoms with E-state index in [4.69, 9.17) is 12.5 Å². The van der Waals surface area contributed by atoms with Crippen LogP contribution in [-0.4, -0.2) is 12.6 Å². The molecule has 0 saturated heterocycles. The molecule has 3 aromatic carbocycles. The van der Waals surface area contributed by atoms with Crippen molar-refractivity contribution in [3.05, 3.63) is 84.9 Å². The lowest BCUT2D eigenvalue weighted by molar-refractivity contribution is 0.459. The lowest BCUT2D eigenvalue weighted by Gasteiger charge is -2.09. The molecule has 0 fully saturated rings.